The molecule has 4 atom stereocenters. The number of amides is 1. The number of benzene rings is 1. The third-order valence-electron chi connectivity index (χ3n) is 4.96. The molecular formula is C18H18ClNO4. The third kappa shape index (κ3) is 2.11. The number of carbonyl (C=O) groups excluding carboxylic acids is 2. The molecule has 3 heterocycles. The van der Waals surface area contributed by atoms with Crippen molar-refractivity contribution in [1.82, 2.24) is 0 Å². The summed E-state index contributed by atoms with van der Waals surface area (Å²) in [5.41, 5.74) is -0.106. The van der Waals surface area contributed by atoms with E-state index in [1.54, 1.807) is 17.0 Å². The second kappa shape index (κ2) is 5.60. The summed E-state index contributed by atoms with van der Waals surface area (Å²) < 4.78 is 11.3. The first-order valence-electron chi connectivity index (χ1n) is 8.17. The molecule has 0 radical (unpaired) electrons. The lowest BCUT2D eigenvalue weighted by atomic mass is 9.77. The second-order valence-corrected chi connectivity index (χ2v) is 6.85. The molecule has 2 bridgehead atoms. The van der Waals surface area contributed by atoms with Gasteiger partial charge < -0.3 is 14.4 Å². The number of ether oxygens (including phenoxy) is 2. The van der Waals surface area contributed by atoms with E-state index < -0.39 is 17.4 Å². The highest BCUT2D eigenvalue weighted by molar-refractivity contribution is 6.34. The Labute approximate surface area is 145 Å². The highest BCUT2D eigenvalue weighted by Gasteiger charge is 2.67. The van der Waals surface area contributed by atoms with Gasteiger partial charge >= 0.3 is 5.97 Å². The minimum absolute atomic E-state index is 0.131. The summed E-state index contributed by atoms with van der Waals surface area (Å²) in [5.74, 6) is -1.62. The average Bonchev–Trinajstić information content (AvgIpc) is 3.21. The molecule has 0 N–H and O–H groups in total. The van der Waals surface area contributed by atoms with Gasteiger partial charge in [0.05, 0.1) is 35.9 Å². The molecule has 6 heteroatoms. The molecule has 0 aromatic heterocycles. The predicted octanol–water partition coefficient (Wildman–Crippen LogP) is 2.58. The van der Waals surface area contributed by atoms with Crippen LogP contribution in [0.4, 0.5) is 5.69 Å². The fourth-order valence-electron chi connectivity index (χ4n) is 3.94. The summed E-state index contributed by atoms with van der Waals surface area (Å²) in [7, 11) is 0. The molecule has 1 amide bonds. The first-order chi connectivity index (χ1) is 11.6. The number of nitrogens with zero attached hydrogens (tertiary/aromatic N) is 1. The van der Waals surface area contributed by atoms with Gasteiger partial charge in [-0.2, -0.15) is 0 Å². The van der Waals surface area contributed by atoms with Gasteiger partial charge in [-0.3, -0.25) is 9.59 Å². The Kier molecular flexibility index (Phi) is 3.66. The van der Waals surface area contributed by atoms with Gasteiger partial charge in [0.2, 0.25) is 5.91 Å². The van der Waals surface area contributed by atoms with Crippen LogP contribution in [0, 0.1) is 11.8 Å². The van der Waals surface area contributed by atoms with Gasteiger partial charge in [0, 0.05) is 0 Å². The van der Waals surface area contributed by atoms with Crippen molar-refractivity contribution in [3.05, 3.63) is 41.4 Å². The lowest BCUT2D eigenvalue weighted by molar-refractivity contribution is -0.152. The quantitative estimate of drug-likeness (QED) is 0.620. The maximum atomic E-state index is 13.1. The molecule has 2 saturated heterocycles. The third-order valence-corrected chi connectivity index (χ3v) is 5.28. The number of esters is 1. The summed E-state index contributed by atoms with van der Waals surface area (Å²) in [6, 6.07) is 7.20. The molecule has 5 nitrogen and oxygen atoms in total. The van der Waals surface area contributed by atoms with Crippen molar-refractivity contribution < 1.29 is 19.1 Å². The Hall–Kier alpha value is -1.85. The van der Waals surface area contributed by atoms with Gasteiger partial charge in [-0.1, -0.05) is 42.8 Å². The van der Waals surface area contributed by atoms with Gasteiger partial charge in [-0.05, 0) is 18.6 Å². The van der Waals surface area contributed by atoms with Crippen LogP contribution in [-0.2, 0) is 19.1 Å². The van der Waals surface area contributed by atoms with E-state index in [9.17, 15) is 9.59 Å². The van der Waals surface area contributed by atoms with Crippen molar-refractivity contribution in [3.8, 4) is 0 Å². The number of carbonyl (C=O) groups is 2. The van der Waals surface area contributed by atoms with Crippen LogP contribution in [0.3, 0.4) is 0 Å². The smallest absolute Gasteiger partial charge is 0.312 e. The average molecular weight is 348 g/mol. The first kappa shape index (κ1) is 15.7. The largest absolute Gasteiger partial charge is 0.465 e. The number of rotatable bonds is 4. The second-order valence-electron chi connectivity index (χ2n) is 6.44. The van der Waals surface area contributed by atoms with Crippen molar-refractivity contribution in [2.24, 2.45) is 11.8 Å². The zero-order valence-corrected chi connectivity index (χ0v) is 14.0. The summed E-state index contributed by atoms with van der Waals surface area (Å²) in [4.78, 5) is 27.1. The van der Waals surface area contributed by atoms with E-state index in [1.165, 1.54) is 0 Å². The fourth-order valence-corrected chi connectivity index (χ4v) is 4.18. The van der Waals surface area contributed by atoms with E-state index in [0.717, 1.165) is 6.42 Å². The Morgan fingerprint density at radius 3 is 3.00 bits per heavy atom. The Bertz CT molecular complexity index is 733. The number of fused-ring (bicyclic) bond motifs is 1. The van der Waals surface area contributed by atoms with Gasteiger partial charge in [0.1, 0.15) is 11.5 Å². The monoisotopic (exact) mass is 347 g/mol. The number of para-hydroxylation sites is 1. The normalized spacial score (nSPS) is 33.2. The molecule has 0 unspecified atom stereocenters. The summed E-state index contributed by atoms with van der Waals surface area (Å²) in [6.45, 7) is 2.66. The topological polar surface area (TPSA) is 55.8 Å². The summed E-state index contributed by atoms with van der Waals surface area (Å²) in [5, 5.41) is 0.505. The SMILES string of the molecule is CCCOC(=O)[C@H]1[C@@H]2C=C[C@]3(CN(c4ccccc4Cl)C(=O)[C@H]13)O2. The molecule has 1 spiro atoms. The van der Waals surface area contributed by atoms with E-state index in [2.05, 4.69) is 0 Å². The van der Waals surface area contributed by atoms with Gasteiger partial charge in [-0.25, -0.2) is 0 Å². The Morgan fingerprint density at radius 1 is 1.46 bits per heavy atom. The van der Waals surface area contributed by atoms with Crippen molar-refractivity contribution in [2.75, 3.05) is 18.1 Å². The van der Waals surface area contributed by atoms with E-state index >= 15 is 0 Å². The number of hydrogen-bond acceptors (Lipinski definition) is 4. The molecule has 2 fully saturated rings. The van der Waals surface area contributed by atoms with Crippen LogP contribution in [0.5, 0.6) is 0 Å². The molecule has 4 rings (SSSR count). The molecule has 1 aromatic rings. The first-order valence-corrected chi connectivity index (χ1v) is 8.55. The van der Waals surface area contributed by atoms with Crippen molar-refractivity contribution in [1.29, 1.82) is 0 Å². The standard InChI is InChI=1S/C18H18ClNO4/c1-2-9-23-17(22)14-13-7-8-18(24-13)10-20(16(21)15(14)18)12-6-4-3-5-11(12)19/h3-8,13-15H,2,9-10H2,1H3/t13-,14-,15-,18+/m0/s1. The minimum atomic E-state index is -0.753. The van der Waals surface area contributed by atoms with Crippen LogP contribution in [0.25, 0.3) is 0 Å². The molecular weight excluding hydrogens is 330 g/mol. The van der Waals surface area contributed by atoms with Gasteiger partial charge in [0.25, 0.3) is 0 Å². The Balaban J connectivity index is 1.67. The van der Waals surface area contributed by atoms with E-state index in [0.29, 0.717) is 23.9 Å². The van der Waals surface area contributed by atoms with Crippen molar-refractivity contribution in [2.45, 2.75) is 25.0 Å². The molecule has 0 aliphatic carbocycles. The van der Waals surface area contributed by atoms with Gasteiger partial charge in [-0.15, -0.1) is 0 Å². The zero-order chi connectivity index (χ0) is 16.9. The number of halogens is 1. The van der Waals surface area contributed by atoms with E-state index in [4.69, 9.17) is 21.1 Å². The van der Waals surface area contributed by atoms with Crippen LogP contribution in [0.1, 0.15) is 13.3 Å². The Morgan fingerprint density at radius 2 is 2.25 bits per heavy atom. The maximum absolute atomic E-state index is 13.1. The predicted molar refractivity (Wildman–Crippen MR) is 88.8 cm³/mol. The van der Waals surface area contributed by atoms with Crippen LogP contribution in [0.2, 0.25) is 5.02 Å². The van der Waals surface area contributed by atoms with Crippen molar-refractivity contribution in [3.63, 3.8) is 0 Å². The van der Waals surface area contributed by atoms with Gasteiger partial charge in [0.15, 0.2) is 0 Å². The lowest BCUT2D eigenvalue weighted by Gasteiger charge is -2.22. The van der Waals surface area contributed by atoms with Crippen LogP contribution in [0.15, 0.2) is 36.4 Å². The van der Waals surface area contributed by atoms with E-state index in [-0.39, 0.29) is 18.0 Å². The molecule has 1 aromatic carbocycles. The van der Waals surface area contributed by atoms with Crippen LogP contribution >= 0.6 is 11.6 Å². The maximum Gasteiger partial charge on any atom is 0.312 e. The highest BCUT2D eigenvalue weighted by atomic mass is 35.5. The molecule has 24 heavy (non-hydrogen) atoms. The van der Waals surface area contributed by atoms with E-state index in [1.807, 2.05) is 31.2 Å². The van der Waals surface area contributed by atoms with Crippen LogP contribution in [-0.4, -0.2) is 36.7 Å². The minimum Gasteiger partial charge on any atom is -0.465 e. The molecule has 0 saturated carbocycles. The zero-order valence-electron chi connectivity index (χ0n) is 13.3. The summed E-state index contributed by atoms with van der Waals surface area (Å²) >= 11 is 6.25. The fraction of sp³-hybridized carbons (Fsp3) is 0.444. The molecule has 3 aliphatic rings. The molecule has 126 valence electrons. The lowest BCUT2D eigenvalue weighted by Crippen LogP contribution is -2.40. The highest BCUT2D eigenvalue weighted by Crippen LogP contribution is 2.53. The van der Waals surface area contributed by atoms with Crippen LogP contribution < -0.4 is 4.90 Å². The number of hydrogen-bond donors (Lipinski definition) is 0. The summed E-state index contributed by atoms with van der Waals surface area (Å²) in [6.07, 6.45) is 4.16. The number of anilines is 1. The van der Waals surface area contributed by atoms with Crippen molar-refractivity contribution >= 4 is 29.2 Å². The molecule has 3 aliphatic heterocycles.